The second-order valence-corrected chi connectivity index (χ2v) is 5.93. The largest absolute Gasteiger partial charge is 0.478 e. The molecule has 2 aliphatic rings. The third-order valence-electron chi connectivity index (χ3n) is 4.82. The van der Waals surface area contributed by atoms with Crippen LogP contribution in [0.4, 0.5) is 0 Å². The van der Waals surface area contributed by atoms with Crippen LogP contribution in [0.1, 0.15) is 71.1 Å². The lowest BCUT2D eigenvalue weighted by Gasteiger charge is -2.30. The zero-order valence-corrected chi connectivity index (χ0v) is 12.3. The summed E-state index contributed by atoms with van der Waals surface area (Å²) in [6.45, 7) is 2.09. The van der Waals surface area contributed by atoms with Gasteiger partial charge in [-0.2, -0.15) is 5.26 Å². The van der Waals surface area contributed by atoms with Gasteiger partial charge in [-0.3, -0.25) is 0 Å². The van der Waals surface area contributed by atoms with Crippen LogP contribution >= 0.6 is 0 Å². The van der Waals surface area contributed by atoms with Gasteiger partial charge in [0.15, 0.2) is 0 Å². The standard InChI is InChI=1S/C18H19NO2/c1-2-11-7-8-13(10-19)17-14-6-4-3-5-12(14)9-15(16(11)17)18(20)21/h8-9,11H,2-7H2,1H3,(H,20,21). The Hall–Kier alpha value is -2.08. The van der Waals surface area contributed by atoms with E-state index in [1.807, 2.05) is 12.1 Å². The molecule has 1 atom stereocenters. The molecule has 0 radical (unpaired) electrons. The van der Waals surface area contributed by atoms with Gasteiger partial charge >= 0.3 is 5.97 Å². The molecule has 3 nitrogen and oxygen atoms in total. The summed E-state index contributed by atoms with van der Waals surface area (Å²) in [6, 6.07) is 4.16. The maximum absolute atomic E-state index is 11.7. The molecule has 0 saturated heterocycles. The number of hydrogen-bond acceptors (Lipinski definition) is 2. The monoisotopic (exact) mass is 281 g/mol. The molecule has 0 saturated carbocycles. The normalized spacial score (nSPS) is 20.0. The summed E-state index contributed by atoms with van der Waals surface area (Å²) in [5.74, 6) is -0.646. The maximum Gasteiger partial charge on any atom is 0.336 e. The molecule has 1 N–H and O–H groups in total. The summed E-state index contributed by atoms with van der Waals surface area (Å²) in [7, 11) is 0. The number of nitriles is 1. The number of aryl methyl sites for hydroxylation is 1. The van der Waals surface area contributed by atoms with Crippen molar-refractivity contribution < 1.29 is 9.90 Å². The number of carboxylic acids is 1. The second kappa shape index (κ2) is 5.37. The predicted octanol–water partition coefficient (Wildman–Crippen LogP) is 4.07. The van der Waals surface area contributed by atoms with Gasteiger partial charge in [0.2, 0.25) is 0 Å². The van der Waals surface area contributed by atoms with Crippen molar-refractivity contribution in [2.24, 2.45) is 0 Å². The van der Waals surface area contributed by atoms with Crippen molar-refractivity contribution in [3.63, 3.8) is 0 Å². The molecule has 0 fully saturated rings. The fourth-order valence-corrected chi connectivity index (χ4v) is 3.78. The third-order valence-corrected chi connectivity index (χ3v) is 4.82. The molecule has 3 heteroatoms. The van der Waals surface area contributed by atoms with Gasteiger partial charge in [-0.05, 0) is 72.8 Å². The maximum atomic E-state index is 11.7. The zero-order valence-electron chi connectivity index (χ0n) is 12.3. The smallest absolute Gasteiger partial charge is 0.336 e. The van der Waals surface area contributed by atoms with Crippen molar-refractivity contribution in [1.82, 2.24) is 0 Å². The third kappa shape index (κ3) is 2.15. The molecule has 1 unspecified atom stereocenters. The van der Waals surface area contributed by atoms with E-state index in [4.69, 9.17) is 0 Å². The number of benzene rings is 1. The number of nitrogens with zero attached hydrogens (tertiary/aromatic N) is 1. The first-order chi connectivity index (χ1) is 10.2. The molecule has 0 spiro atoms. The van der Waals surface area contributed by atoms with Crippen LogP contribution in [0.25, 0.3) is 5.57 Å². The van der Waals surface area contributed by atoms with E-state index >= 15 is 0 Å². The highest BCUT2D eigenvalue weighted by Gasteiger charge is 2.30. The van der Waals surface area contributed by atoms with Crippen molar-refractivity contribution >= 4 is 11.5 Å². The van der Waals surface area contributed by atoms with E-state index in [1.54, 1.807) is 0 Å². The first-order valence-electron chi connectivity index (χ1n) is 7.69. The predicted molar refractivity (Wildman–Crippen MR) is 81.3 cm³/mol. The highest BCUT2D eigenvalue weighted by atomic mass is 16.4. The molecule has 1 aromatic carbocycles. The Morgan fingerprint density at radius 2 is 2.19 bits per heavy atom. The number of aromatic carboxylic acids is 1. The number of carbonyl (C=O) groups is 1. The quantitative estimate of drug-likeness (QED) is 0.889. The highest BCUT2D eigenvalue weighted by Crippen LogP contribution is 2.43. The van der Waals surface area contributed by atoms with Crippen molar-refractivity contribution in [3.05, 3.63) is 40.0 Å². The Morgan fingerprint density at radius 3 is 2.86 bits per heavy atom. The van der Waals surface area contributed by atoms with Crippen LogP contribution in [0.3, 0.4) is 0 Å². The van der Waals surface area contributed by atoms with E-state index in [-0.39, 0.29) is 5.92 Å². The summed E-state index contributed by atoms with van der Waals surface area (Å²) in [5.41, 5.74) is 5.31. The Bertz CT molecular complexity index is 679. The lowest BCUT2D eigenvalue weighted by molar-refractivity contribution is 0.0694. The minimum atomic E-state index is -0.864. The molecule has 108 valence electrons. The molecule has 0 aromatic heterocycles. The van der Waals surface area contributed by atoms with Crippen molar-refractivity contribution in [1.29, 1.82) is 5.26 Å². The van der Waals surface area contributed by atoms with Crippen LogP contribution in [-0.4, -0.2) is 11.1 Å². The summed E-state index contributed by atoms with van der Waals surface area (Å²) >= 11 is 0. The van der Waals surface area contributed by atoms with Crippen LogP contribution in [0.5, 0.6) is 0 Å². The fraction of sp³-hybridized carbons (Fsp3) is 0.444. The second-order valence-electron chi connectivity index (χ2n) is 5.93. The van der Waals surface area contributed by atoms with Crippen molar-refractivity contribution in [3.8, 4) is 6.07 Å². The van der Waals surface area contributed by atoms with Gasteiger partial charge in [-0.15, -0.1) is 0 Å². The average molecular weight is 281 g/mol. The Kier molecular flexibility index (Phi) is 3.55. The lowest BCUT2D eigenvalue weighted by Crippen LogP contribution is -2.18. The number of allylic oxidation sites excluding steroid dienone is 2. The zero-order chi connectivity index (χ0) is 15.0. The van der Waals surface area contributed by atoms with E-state index in [2.05, 4.69) is 13.0 Å². The lowest BCUT2D eigenvalue weighted by atomic mass is 9.73. The minimum Gasteiger partial charge on any atom is -0.478 e. The molecular weight excluding hydrogens is 262 g/mol. The molecule has 0 aliphatic heterocycles. The van der Waals surface area contributed by atoms with E-state index in [1.165, 1.54) is 5.56 Å². The minimum absolute atomic E-state index is 0.218. The summed E-state index contributed by atoms with van der Waals surface area (Å²) in [6.07, 6.45) is 7.80. The Labute approximate surface area is 124 Å². The van der Waals surface area contributed by atoms with Gasteiger partial charge in [0.25, 0.3) is 0 Å². The van der Waals surface area contributed by atoms with E-state index in [9.17, 15) is 15.2 Å². The summed E-state index contributed by atoms with van der Waals surface area (Å²) < 4.78 is 0. The van der Waals surface area contributed by atoms with Crippen LogP contribution in [-0.2, 0) is 12.8 Å². The first kappa shape index (κ1) is 13.9. The van der Waals surface area contributed by atoms with Crippen LogP contribution in [0.15, 0.2) is 12.1 Å². The van der Waals surface area contributed by atoms with Crippen molar-refractivity contribution in [2.75, 3.05) is 0 Å². The van der Waals surface area contributed by atoms with E-state index in [0.29, 0.717) is 11.1 Å². The van der Waals surface area contributed by atoms with E-state index in [0.717, 1.165) is 55.2 Å². The van der Waals surface area contributed by atoms with Gasteiger partial charge in [-0.25, -0.2) is 4.79 Å². The topological polar surface area (TPSA) is 61.1 Å². The molecule has 2 aliphatic carbocycles. The van der Waals surface area contributed by atoms with Gasteiger partial charge < -0.3 is 5.11 Å². The molecule has 0 heterocycles. The van der Waals surface area contributed by atoms with Gasteiger partial charge in [0.05, 0.1) is 17.2 Å². The average Bonchev–Trinajstić information content (AvgIpc) is 2.52. The van der Waals surface area contributed by atoms with Crippen LogP contribution in [0, 0.1) is 11.3 Å². The van der Waals surface area contributed by atoms with Crippen LogP contribution in [0.2, 0.25) is 0 Å². The van der Waals surface area contributed by atoms with Gasteiger partial charge in [0.1, 0.15) is 0 Å². The summed E-state index contributed by atoms with van der Waals surface area (Å²) in [4.78, 5) is 11.7. The summed E-state index contributed by atoms with van der Waals surface area (Å²) in [5, 5.41) is 19.1. The van der Waals surface area contributed by atoms with E-state index < -0.39 is 5.97 Å². The first-order valence-corrected chi connectivity index (χ1v) is 7.69. The molecular formula is C18H19NO2. The number of hydrogen-bond donors (Lipinski definition) is 1. The molecule has 21 heavy (non-hydrogen) atoms. The highest BCUT2D eigenvalue weighted by molar-refractivity contribution is 5.95. The number of carboxylic acid groups (broad SMARTS) is 1. The Morgan fingerprint density at radius 1 is 1.43 bits per heavy atom. The molecule has 3 rings (SSSR count). The molecule has 0 bridgehead atoms. The van der Waals surface area contributed by atoms with Crippen molar-refractivity contribution in [2.45, 2.75) is 51.4 Å². The van der Waals surface area contributed by atoms with Gasteiger partial charge in [0, 0.05) is 0 Å². The van der Waals surface area contributed by atoms with Crippen LogP contribution < -0.4 is 0 Å². The Balaban J connectivity index is 2.35. The number of rotatable bonds is 2. The fourth-order valence-electron chi connectivity index (χ4n) is 3.78. The van der Waals surface area contributed by atoms with Gasteiger partial charge in [-0.1, -0.05) is 13.0 Å². The molecule has 1 aromatic rings. The SMILES string of the molecule is CCC1CC=C(C#N)c2c3c(cc(C(=O)O)c21)CCCC3. The molecule has 0 amide bonds. The number of fused-ring (bicyclic) bond motifs is 3.